The molecule has 0 radical (unpaired) electrons. The summed E-state index contributed by atoms with van der Waals surface area (Å²) >= 11 is 3.10. The Balaban J connectivity index is 1.49. The third-order valence-corrected chi connectivity index (χ3v) is 8.70. The standard InChI is InChI=1S/C26H27N3O3S2/c1-3-32-25(31)17-13-15-18(16-14-17)27-26-29(19-9-5-4-6-10-19)23(30)22(34-26)24-28(2)20-11-7-8-12-21(20)33-24/h7-8,11-16,19H,3-6,9-10H2,1-2H3/b24-22-,27-26?. The van der Waals surface area contributed by atoms with Gasteiger partial charge in [-0.15, -0.1) is 0 Å². The highest BCUT2D eigenvalue weighted by Crippen LogP contribution is 2.50. The fourth-order valence-electron chi connectivity index (χ4n) is 4.55. The number of amidine groups is 1. The minimum atomic E-state index is -0.344. The first kappa shape index (κ1) is 23.1. The number of rotatable bonds is 4. The average molecular weight is 494 g/mol. The molecule has 0 spiro atoms. The first-order valence-electron chi connectivity index (χ1n) is 11.7. The van der Waals surface area contributed by atoms with Crippen molar-refractivity contribution in [3.05, 3.63) is 64.0 Å². The molecule has 1 amide bonds. The maximum absolute atomic E-state index is 13.8. The lowest BCUT2D eigenvalue weighted by Gasteiger charge is -2.30. The summed E-state index contributed by atoms with van der Waals surface area (Å²) in [5.41, 5.74) is 2.33. The molecule has 0 N–H and O–H groups in total. The van der Waals surface area contributed by atoms with Crippen LogP contribution in [0.2, 0.25) is 0 Å². The molecule has 0 bridgehead atoms. The zero-order valence-electron chi connectivity index (χ0n) is 19.3. The third-order valence-electron chi connectivity index (χ3n) is 6.29. The number of ether oxygens (including phenoxy) is 1. The second-order valence-corrected chi connectivity index (χ2v) is 10.5. The molecule has 1 saturated heterocycles. The molecule has 6 nitrogen and oxygen atoms in total. The molecular weight excluding hydrogens is 466 g/mol. The van der Waals surface area contributed by atoms with E-state index in [0.717, 1.165) is 46.2 Å². The molecule has 0 aromatic heterocycles. The fourth-order valence-corrected chi connectivity index (χ4v) is 6.96. The third kappa shape index (κ3) is 4.36. The highest BCUT2D eigenvalue weighted by molar-refractivity contribution is 8.19. The number of esters is 1. The van der Waals surface area contributed by atoms with E-state index in [-0.39, 0.29) is 17.9 Å². The Hall–Kier alpha value is -2.71. The Kier molecular flexibility index (Phi) is 6.70. The minimum absolute atomic E-state index is 0.0425. The number of nitrogens with zero attached hydrogens (tertiary/aromatic N) is 3. The lowest BCUT2D eigenvalue weighted by atomic mass is 9.94. The molecule has 2 aliphatic heterocycles. The van der Waals surface area contributed by atoms with E-state index in [0.29, 0.717) is 23.0 Å². The number of carbonyl (C=O) groups is 2. The van der Waals surface area contributed by atoms with Crippen molar-refractivity contribution >= 4 is 51.9 Å². The van der Waals surface area contributed by atoms with Gasteiger partial charge in [-0.2, -0.15) is 0 Å². The van der Waals surface area contributed by atoms with Crippen LogP contribution in [0, 0.1) is 0 Å². The zero-order chi connectivity index (χ0) is 23.7. The Morgan fingerprint density at radius 3 is 2.50 bits per heavy atom. The number of thioether (sulfide) groups is 2. The number of hydrogen-bond donors (Lipinski definition) is 0. The molecule has 2 aromatic rings. The van der Waals surface area contributed by atoms with Crippen molar-refractivity contribution in [2.24, 2.45) is 4.99 Å². The predicted octanol–water partition coefficient (Wildman–Crippen LogP) is 6.17. The molecule has 1 aliphatic carbocycles. The Bertz CT molecular complexity index is 1170. The van der Waals surface area contributed by atoms with Crippen LogP contribution in [0.5, 0.6) is 0 Å². The van der Waals surface area contributed by atoms with Crippen molar-refractivity contribution in [3.63, 3.8) is 0 Å². The van der Waals surface area contributed by atoms with E-state index in [2.05, 4.69) is 17.0 Å². The Morgan fingerprint density at radius 2 is 1.79 bits per heavy atom. The van der Waals surface area contributed by atoms with Crippen LogP contribution in [-0.2, 0) is 9.53 Å². The van der Waals surface area contributed by atoms with Crippen molar-refractivity contribution in [1.29, 1.82) is 0 Å². The molecule has 176 valence electrons. The van der Waals surface area contributed by atoms with Gasteiger partial charge in [0.25, 0.3) is 5.91 Å². The second kappa shape index (κ2) is 9.88. The summed E-state index contributed by atoms with van der Waals surface area (Å²) in [4.78, 5) is 36.6. The number of fused-ring (bicyclic) bond motifs is 1. The normalized spacial score (nSPS) is 21.9. The van der Waals surface area contributed by atoms with Gasteiger partial charge in [0.1, 0.15) is 4.91 Å². The number of para-hydroxylation sites is 1. The van der Waals surface area contributed by atoms with E-state index in [1.54, 1.807) is 43.0 Å². The smallest absolute Gasteiger partial charge is 0.338 e. The molecule has 2 aromatic carbocycles. The molecule has 5 rings (SSSR count). The van der Waals surface area contributed by atoms with E-state index in [9.17, 15) is 9.59 Å². The van der Waals surface area contributed by atoms with Crippen LogP contribution in [0.4, 0.5) is 11.4 Å². The second-order valence-electron chi connectivity index (χ2n) is 8.49. The van der Waals surface area contributed by atoms with Gasteiger partial charge in [-0.25, -0.2) is 9.79 Å². The molecule has 3 aliphatic rings. The number of benzene rings is 2. The number of hydrogen-bond acceptors (Lipinski definition) is 7. The van der Waals surface area contributed by atoms with Gasteiger partial charge in [0, 0.05) is 18.0 Å². The molecule has 2 heterocycles. The first-order chi connectivity index (χ1) is 16.6. The summed E-state index contributed by atoms with van der Waals surface area (Å²) in [6.45, 7) is 2.13. The van der Waals surface area contributed by atoms with E-state index in [1.165, 1.54) is 18.2 Å². The number of amides is 1. The minimum Gasteiger partial charge on any atom is -0.462 e. The molecule has 0 atom stereocenters. The van der Waals surface area contributed by atoms with Crippen molar-refractivity contribution in [3.8, 4) is 0 Å². The number of carbonyl (C=O) groups excluding carboxylic acids is 2. The van der Waals surface area contributed by atoms with Crippen LogP contribution >= 0.6 is 23.5 Å². The molecule has 2 fully saturated rings. The highest BCUT2D eigenvalue weighted by Gasteiger charge is 2.42. The van der Waals surface area contributed by atoms with Gasteiger partial charge in [0.05, 0.1) is 28.6 Å². The lowest BCUT2D eigenvalue weighted by Crippen LogP contribution is -2.40. The van der Waals surface area contributed by atoms with Gasteiger partial charge in [-0.3, -0.25) is 9.69 Å². The molecule has 8 heteroatoms. The maximum Gasteiger partial charge on any atom is 0.338 e. The number of anilines is 1. The Morgan fingerprint density at radius 1 is 1.06 bits per heavy atom. The highest BCUT2D eigenvalue weighted by atomic mass is 32.2. The summed E-state index contributed by atoms with van der Waals surface area (Å²) in [5, 5.41) is 1.67. The monoisotopic (exact) mass is 493 g/mol. The fraction of sp³-hybridized carbons (Fsp3) is 0.346. The molecule has 1 saturated carbocycles. The zero-order valence-corrected chi connectivity index (χ0v) is 21.0. The quantitative estimate of drug-likeness (QED) is 0.375. The van der Waals surface area contributed by atoms with Gasteiger partial charge < -0.3 is 9.64 Å². The largest absolute Gasteiger partial charge is 0.462 e. The topological polar surface area (TPSA) is 62.2 Å². The van der Waals surface area contributed by atoms with Crippen LogP contribution in [-0.4, -0.2) is 41.6 Å². The maximum atomic E-state index is 13.8. The summed E-state index contributed by atoms with van der Waals surface area (Å²) in [6, 6.07) is 15.4. The van der Waals surface area contributed by atoms with Crippen LogP contribution in [0.15, 0.2) is 68.4 Å². The first-order valence-corrected chi connectivity index (χ1v) is 13.3. The number of aliphatic imine (C=N–C) groups is 1. The summed E-state index contributed by atoms with van der Waals surface area (Å²) < 4.78 is 5.07. The summed E-state index contributed by atoms with van der Waals surface area (Å²) in [6.07, 6.45) is 5.48. The van der Waals surface area contributed by atoms with Crippen LogP contribution in [0.1, 0.15) is 49.4 Å². The van der Waals surface area contributed by atoms with Gasteiger partial charge in [0.15, 0.2) is 5.17 Å². The lowest BCUT2D eigenvalue weighted by molar-refractivity contribution is -0.124. The van der Waals surface area contributed by atoms with Gasteiger partial charge in [-0.05, 0) is 67.9 Å². The summed E-state index contributed by atoms with van der Waals surface area (Å²) in [7, 11) is 2.02. The summed E-state index contributed by atoms with van der Waals surface area (Å²) in [5.74, 6) is -0.301. The van der Waals surface area contributed by atoms with E-state index < -0.39 is 0 Å². The van der Waals surface area contributed by atoms with Crippen molar-refractivity contribution < 1.29 is 14.3 Å². The van der Waals surface area contributed by atoms with Gasteiger partial charge in [-0.1, -0.05) is 43.2 Å². The van der Waals surface area contributed by atoms with E-state index >= 15 is 0 Å². The van der Waals surface area contributed by atoms with Gasteiger partial charge >= 0.3 is 5.97 Å². The van der Waals surface area contributed by atoms with Gasteiger partial charge in [0.2, 0.25) is 0 Å². The predicted molar refractivity (Wildman–Crippen MR) is 139 cm³/mol. The van der Waals surface area contributed by atoms with Crippen molar-refractivity contribution in [2.45, 2.75) is 50.0 Å². The molecule has 0 unspecified atom stereocenters. The van der Waals surface area contributed by atoms with Crippen LogP contribution in [0.25, 0.3) is 0 Å². The van der Waals surface area contributed by atoms with Crippen molar-refractivity contribution in [2.75, 3.05) is 18.6 Å². The molecule has 34 heavy (non-hydrogen) atoms. The molecular formula is C26H27N3O3S2. The van der Waals surface area contributed by atoms with Crippen molar-refractivity contribution in [1.82, 2.24) is 4.90 Å². The Labute approximate surface area is 208 Å². The van der Waals surface area contributed by atoms with Crippen LogP contribution < -0.4 is 4.90 Å². The van der Waals surface area contributed by atoms with E-state index in [4.69, 9.17) is 9.73 Å². The van der Waals surface area contributed by atoms with Crippen LogP contribution in [0.3, 0.4) is 0 Å². The van der Waals surface area contributed by atoms with E-state index in [1.807, 2.05) is 24.1 Å². The average Bonchev–Trinajstić information content (AvgIpc) is 3.36. The SMILES string of the molecule is CCOC(=O)c1ccc(N=C2S/C(=C3\Sc4ccccc4N3C)C(=O)N2C2CCCCC2)cc1.